The zero-order valence-corrected chi connectivity index (χ0v) is 10.8. The van der Waals surface area contributed by atoms with Gasteiger partial charge in [-0.1, -0.05) is 19.8 Å². The van der Waals surface area contributed by atoms with Crippen LogP contribution >= 0.6 is 0 Å². The van der Waals surface area contributed by atoms with Crippen LogP contribution in [0, 0.1) is 0 Å². The number of unbranched alkanes of at least 4 members (excludes halogenated alkanes) is 2. The lowest BCUT2D eigenvalue weighted by atomic mass is 10.2. The second kappa shape index (κ2) is 7.62. The summed E-state index contributed by atoms with van der Waals surface area (Å²) < 4.78 is 21.7. The lowest BCUT2D eigenvalue weighted by Crippen LogP contribution is -2.41. The first-order valence-electron chi connectivity index (χ1n) is 5.58. The van der Waals surface area contributed by atoms with E-state index in [-0.39, 0.29) is 18.1 Å². The van der Waals surface area contributed by atoms with Crippen molar-refractivity contribution in [2.45, 2.75) is 38.6 Å². The zero-order valence-electron chi connectivity index (χ0n) is 10.0. The van der Waals surface area contributed by atoms with E-state index in [4.69, 9.17) is 5.73 Å². The summed E-state index contributed by atoms with van der Waals surface area (Å²) in [5.74, 6) is -0.309. The molecule has 0 aromatic carbocycles. The fourth-order valence-electron chi connectivity index (χ4n) is 1.19. The summed E-state index contributed by atoms with van der Waals surface area (Å²) in [6, 6.07) is -0.726. The maximum absolute atomic E-state index is 11.4. The number of carbonyl (C=O) groups is 1. The van der Waals surface area contributed by atoms with E-state index in [1.165, 1.54) is 0 Å². The number of rotatable bonds is 8. The number of carbonyl (C=O) groups excluding carboxylic acids is 1. The van der Waals surface area contributed by atoms with Crippen molar-refractivity contribution in [1.82, 2.24) is 5.32 Å². The van der Waals surface area contributed by atoms with Gasteiger partial charge in [0.1, 0.15) is 9.84 Å². The summed E-state index contributed by atoms with van der Waals surface area (Å²) in [6.45, 7) is 2.69. The molecule has 0 aromatic rings. The van der Waals surface area contributed by atoms with Gasteiger partial charge in [-0.15, -0.1) is 0 Å². The van der Waals surface area contributed by atoms with Gasteiger partial charge in [0.2, 0.25) is 5.91 Å². The van der Waals surface area contributed by atoms with Crippen molar-refractivity contribution in [1.29, 1.82) is 0 Å². The van der Waals surface area contributed by atoms with Gasteiger partial charge in [-0.25, -0.2) is 8.42 Å². The van der Waals surface area contributed by atoms with Crippen LogP contribution in [0.25, 0.3) is 0 Å². The van der Waals surface area contributed by atoms with E-state index in [1.54, 1.807) is 0 Å². The van der Waals surface area contributed by atoms with Crippen LogP contribution in [0.5, 0.6) is 0 Å². The minimum atomic E-state index is -3.04. The van der Waals surface area contributed by atoms with Gasteiger partial charge in [0, 0.05) is 12.8 Å². The highest BCUT2D eigenvalue weighted by Crippen LogP contribution is 1.95. The largest absolute Gasteiger partial charge is 0.355 e. The van der Waals surface area contributed by atoms with E-state index in [0.717, 1.165) is 25.5 Å². The molecular weight excluding hydrogens is 228 g/mol. The Bertz CT molecular complexity index is 301. The highest BCUT2D eigenvalue weighted by atomic mass is 32.2. The van der Waals surface area contributed by atoms with E-state index >= 15 is 0 Å². The topological polar surface area (TPSA) is 89.3 Å². The molecule has 0 aromatic heterocycles. The van der Waals surface area contributed by atoms with Crippen molar-refractivity contribution in [3.8, 4) is 0 Å². The molecule has 96 valence electrons. The van der Waals surface area contributed by atoms with Gasteiger partial charge in [-0.2, -0.15) is 0 Å². The van der Waals surface area contributed by atoms with Crippen LogP contribution in [0.3, 0.4) is 0 Å². The molecule has 16 heavy (non-hydrogen) atoms. The van der Waals surface area contributed by atoms with Gasteiger partial charge in [0.15, 0.2) is 0 Å². The quantitative estimate of drug-likeness (QED) is 0.596. The molecule has 0 bridgehead atoms. The van der Waals surface area contributed by atoms with Gasteiger partial charge >= 0.3 is 0 Å². The number of hydrogen-bond donors (Lipinski definition) is 2. The van der Waals surface area contributed by atoms with Crippen molar-refractivity contribution < 1.29 is 13.2 Å². The van der Waals surface area contributed by atoms with E-state index in [1.807, 2.05) is 0 Å². The Morgan fingerprint density at radius 3 is 2.50 bits per heavy atom. The fraction of sp³-hybridized carbons (Fsp3) is 0.900. The first kappa shape index (κ1) is 15.4. The average Bonchev–Trinajstić information content (AvgIpc) is 2.19. The van der Waals surface area contributed by atoms with Crippen LogP contribution < -0.4 is 11.1 Å². The number of nitrogens with two attached hydrogens (primary N) is 1. The molecule has 0 saturated heterocycles. The molecule has 0 fully saturated rings. The molecule has 0 rings (SSSR count). The molecule has 6 heteroatoms. The molecule has 0 aliphatic heterocycles. The predicted molar refractivity (Wildman–Crippen MR) is 64.8 cm³/mol. The van der Waals surface area contributed by atoms with Crippen molar-refractivity contribution >= 4 is 15.7 Å². The lowest BCUT2D eigenvalue weighted by Gasteiger charge is -2.11. The molecule has 0 saturated carbocycles. The third-order valence-corrected chi connectivity index (χ3v) is 3.19. The Balaban J connectivity index is 3.74. The average molecular weight is 250 g/mol. The second-order valence-electron chi connectivity index (χ2n) is 4.02. The third-order valence-electron chi connectivity index (χ3n) is 2.22. The van der Waals surface area contributed by atoms with E-state index < -0.39 is 15.9 Å². The molecule has 0 aliphatic carbocycles. The van der Waals surface area contributed by atoms with Crippen LogP contribution in [0.4, 0.5) is 0 Å². The normalized spacial score (nSPS) is 13.4. The highest BCUT2D eigenvalue weighted by molar-refractivity contribution is 7.90. The van der Waals surface area contributed by atoms with Gasteiger partial charge in [0.25, 0.3) is 0 Å². The van der Waals surface area contributed by atoms with Gasteiger partial charge in [-0.3, -0.25) is 4.79 Å². The minimum Gasteiger partial charge on any atom is -0.355 e. The molecule has 0 heterocycles. The van der Waals surface area contributed by atoms with Crippen molar-refractivity contribution in [2.24, 2.45) is 5.73 Å². The SMILES string of the molecule is CCCCCNC(=O)C(N)CCS(C)(=O)=O. The summed E-state index contributed by atoms with van der Waals surface area (Å²) in [5.41, 5.74) is 5.56. The summed E-state index contributed by atoms with van der Waals surface area (Å²) in [6.07, 6.45) is 4.41. The Morgan fingerprint density at radius 2 is 2.00 bits per heavy atom. The predicted octanol–water partition coefficient (Wildman–Crippen LogP) is 0.0548. The molecule has 0 aliphatic rings. The first-order chi connectivity index (χ1) is 7.37. The van der Waals surface area contributed by atoms with E-state index in [9.17, 15) is 13.2 Å². The number of hydrogen-bond acceptors (Lipinski definition) is 4. The second-order valence-corrected chi connectivity index (χ2v) is 6.28. The summed E-state index contributed by atoms with van der Waals surface area (Å²) in [7, 11) is -3.04. The Hall–Kier alpha value is -0.620. The van der Waals surface area contributed by atoms with Crippen molar-refractivity contribution in [3.05, 3.63) is 0 Å². The van der Waals surface area contributed by atoms with Gasteiger partial charge in [0.05, 0.1) is 11.8 Å². The summed E-state index contributed by atoms with van der Waals surface area (Å²) in [4.78, 5) is 11.4. The smallest absolute Gasteiger partial charge is 0.236 e. The monoisotopic (exact) mass is 250 g/mol. The van der Waals surface area contributed by atoms with Crippen LogP contribution in [-0.4, -0.2) is 38.9 Å². The van der Waals surface area contributed by atoms with E-state index in [2.05, 4.69) is 12.2 Å². The molecule has 1 atom stereocenters. The minimum absolute atomic E-state index is 0.0451. The molecule has 5 nitrogen and oxygen atoms in total. The van der Waals surface area contributed by atoms with Crippen molar-refractivity contribution in [3.63, 3.8) is 0 Å². The third kappa shape index (κ3) is 8.67. The fourth-order valence-corrected chi connectivity index (χ4v) is 1.87. The van der Waals surface area contributed by atoms with Crippen LogP contribution in [-0.2, 0) is 14.6 Å². The highest BCUT2D eigenvalue weighted by Gasteiger charge is 2.15. The molecule has 0 spiro atoms. The van der Waals surface area contributed by atoms with Crippen LogP contribution in [0.1, 0.15) is 32.6 Å². The first-order valence-corrected chi connectivity index (χ1v) is 7.64. The Morgan fingerprint density at radius 1 is 1.38 bits per heavy atom. The number of amides is 1. The lowest BCUT2D eigenvalue weighted by molar-refractivity contribution is -0.122. The summed E-state index contributed by atoms with van der Waals surface area (Å²) >= 11 is 0. The molecule has 1 amide bonds. The summed E-state index contributed by atoms with van der Waals surface area (Å²) in [5, 5.41) is 2.69. The Labute approximate surface area is 97.7 Å². The number of nitrogens with one attached hydrogen (secondary N) is 1. The number of sulfone groups is 1. The molecule has 1 unspecified atom stereocenters. The van der Waals surface area contributed by atoms with E-state index in [0.29, 0.717) is 6.54 Å². The Kier molecular flexibility index (Phi) is 7.33. The maximum atomic E-state index is 11.4. The van der Waals surface area contributed by atoms with Crippen LogP contribution in [0.2, 0.25) is 0 Å². The molecular formula is C10H22N2O3S. The molecule has 0 radical (unpaired) electrons. The standard InChI is InChI=1S/C10H22N2O3S/c1-3-4-5-7-12-10(13)9(11)6-8-16(2,14)15/h9H,3-8,11H2,1-2H3,(H,12,13). The maximum Gasteiger partial charge on any atom is 0.236 e. The van der Waals surface area contributed by atoms with Crippen LogP contribution in [0.15, 0.2) is 0 Å². The van der Waals surface area contributed by atoms with Gasteiger partial charge < -0.3 is 11.1 Å². The molecule has 3 N–H and O–H groups in total. The van der Waals surface area contributed by atoms with Gasteiger partial charge in [-0.05, 0) is 12.8 Å². The van der Waals surface area contributed by atoms with Crippen molar-refractivity contribution in [2.75, 3.05) is 18.6 Å². The zero-order chi connectivity index (χ0) is 12.6.